The number of rotatable bonds is 6. The van der Waals surface area contributed by atoms with Gasteiger partial charge in [0.25, 0.3) is 5.91 Å². The van der Waals surface area contributed by atoms with E-state index in [1.807, 2.05) is 39.0 Å². The van der Waals surface area contributed by atoms with Crippen molar-refractivity contribution in [1.29, 1.82) is 0 Å². The summed E-state index contributed by atoms with van der Waals surface area (Å²) in [6.45, 7) is 7.10. The van der Waals surface area contributed by atoms with Crippen molar-refractivity contribution in [2.45, 2.75) is 71.4 Å². The fraction of sp³-hybridized carbons (Fsp3) is 0.550. The Morgan fingerprint density at radius 1 is 1.12 bits per heavy atom. The van der Waals surface area contributed by atoms with Crippen LogP contribution in [0.1, 0.15) is 68.4 Å². The molecule has 136 valence electrons. The molecular weight excluding hydrogens is 318 g/mol. The molecule has 0 saturated heterocycles. The summed E-state index contributed by atoms with van der Waals surface area (Å²) >= 11 is 0. The number of ether oxygens (including phenoxy) is 1. The smallest absolute Gasteiger partial charge is 0.307 e. The number of aryl methyl sites for hydroxylation is 2. The number of hydrogen-bond acceptors (Lipinski definition) is 4. The summed E-state index contributed by atoms with van der Waals surface area (Å²) in [5.41, 5.74) is 2.81. The Balaban J connectivity index is 1.81. The van der Waals surface area contributed by atoms with E-state index >= 15 is 0 Å². The van der Waals surface area contributed by atoms with Crippen LogP contribution in [0.15, 0.2) is 18.2 Å². The number of hydrogen-bond donors (Lipinski definition) is 1. The van der Waals surface area contributed by atoms with Crippen molar-refractivity contribution >= 4 is 17.7 Å². The van der Waals surface area contributed by atoms with Gasteiger partial charge in [-0.25, -0.2) is 0 Å². The lowest BCUT2D eigenvalue weighted by Crippen LogP contribution is -2.46. The van der Waals surface area contributed by atoms with Gasteiger partial charge in [-0.05, 0) is 64.2 Å². The minimum Gasteiger partial charge on any atom is -0.453 e. The van der Waals surface area contributed by atoms with Crippen LogP contribution in [0.25, 0.3) is 0 Å². The third-order valence-corrected chi connectivity index (χ3v) is 4.15. The maximum absolute atomic E-state index is 12.3. The molecule has 0 spiro atoms. The number of ketones is 1. The van der Waals surface area contributed by atoms with Gasteiger partial charge in [-0.2, -0.15) is 0 Å². The lowest BCUT2D eigenvalue weighted by Gasteiger charge is -2.23. The first-order chi connectivity index (χ1) is 11.7. The minimum atomic E-state index is -0.873. The number of benzene rings is 1. The van der Waals surface area contributed by atoms with Crippen LogP contribution in [0.5, 0.6) is 0 Å². The minimum absolute atomic E-state index is 0.0247. The largest absolute Gasteiger partial charge is 0.453 e. The molecule has 0 bridgehead atoms. The van der Waals surface area contributed by atoms with E-state index in [0.29, 0.717) is 5.56 Å². The van der Waals surface area contributed by atoms with E-state index in [1.165, 1.54) is 18.1 Å². The quantitative estimate of drug-likeness (QED) is 0.635. The predicted molar refractivity (Wildman–Crippen MR) is 95.5 cm³/mol. The molecule has 1 aliphatic carbocycles. The fourth-order valence-corrected chi connectivity index (χ4v) is 2.89. The molecule has 25 heavy (non-hydrogen) atoms. The Morgan fingerprint density at radius 3 is 2.48 bits per heavy atom. The lowest BCUT2D eigenvalue weighted by atomic mass is 10.0. The number of Topliss-reactive ketones (excluding diaryl/α,β-unsaturated/α-hetero) is 1. The van der Waals surface area contributed by atoms with Crippen molar-refractivity contribution in [3.05, 3.63) is 34.9 Å². The Hall–Kier alpha value is -2.17. The third kappa shape index (κ3) is 5.69. The van der Waals surface area contributed by atoms with Gasteiger partial charge in [0.05, 0.1) is 6.42 Å². The molecule has 0 fully saturated rings. The van der Waals surface area contributed by atoms with Gasteiger partial charge in [0.2, 0.25) is 0 Å². The molecular formula is C20H27NO4. The molecule has 1 N–H and O–H groups in total. The molecule has 0 radical (unpaired) electrons. The highest BCUT2D eigenvalue weighted by Gasteiger charge is 2.23. The number of fused-ring (bicyclic) bond motifs is 1. The lowest BCUT2D eigenvalue weighted by molar-refractivity contribution is -0.155. The Morgan fingerprint density at radius 2 is 1.80 bits per heavy atom. The maximum Gasteiger partial charge on any atom is 0.307 e. The Bertz CT molecular complexity index is 673. The Kier molecular flexibility index (Phi) is 5.98. The van der Waals surface area contributed by atoms with Gasteiger partial charge in [0.15, 0.2) is 11.9 Å². The number of carbonyl (C=O) groups is 3. The monoisotopic (exact) mass is 345 g/mol. The standard InChI is InChI=1S/C20H27NO4/c1-13(19(24)21-20(2,3)4)25-18(23)11-10-17(22)16-9-8-14-6-5-7-15(14)12-16/h8-9,12-13H,5-7,10-11H2,1-4H3,(H,21,24)/t13-/m1/s1. The van der Waals surface area contributed by atoms with Crippen LogP contribution >= 0.6 is 0 Å². The van der Waals surface area contributed by atoms with Gasteiger partial charge in [-0.15, -0.1) is 0 Å². The van der Waals surface area contributed by atoms with Gasteiger partial charge in [0.1, 0.15) is 0 Å². The van der Waals surface area contributed by atoms with Gasteiger partial charge >= 0.3 is 5.97 Å². The van der Waals surface area contributed by atoms with Crippen LogP contribution in [-0.4, -0.2) is 29.3 Å². The number of amides is 1. The second-order valence-corrected chi connectivity index (χ2v) is 7.63. The van der Waals surface area contributed by atoms with Gasteiger partial charge in [0, 0.05) is 17.5 Å². The molecule has 2 rings (SSSR count). The molecule has 1 aromatic rings. The van der Waals surface area contributed by atoms with E-state index < -0.39 is 12.1 Å². The van der Waals surface area contributed by atoms with Crippen LogP contribution < -0.4 is 5.32 Å². The number of carbonyl (C=O) groups excluding carboxylic acids is 3. The maximum atomic E-state index is 12.3. The second kappa shape index (κ2) is 7.81. The first-order valence-corrected chi connectivity index (χ1v) is 8.82. The summed E-state index contributed by atoms with van der Waals surface area (Å²) < 4.78 is 5.12. The van der Waals surface area contributed by atoms with Gasteiger partial charge in [-0.3, -0.25) is 14.4 Å². The third-order valence-electron chi connectivity index (χ3n) is 4.15. The Labute approximate surface area is 149 Å². The molecule has 0 aromatic heterocycles. The molecule has 1 aromatic carbocycles. The average molecular weight is 345 g/mol. The fourth-order valence-electron chi connectivity index (χ4n) is 2.89. The zero-order chi connectivity index (χ0) is 18.6. The molecule has 1 amide bonds. The molecule has 0 unspecified atom stereocenters. The van der Waals surface area contributed by atoms with E-state index in [-0.39, 0.29) is 30.1 Å². The topological polar surface area (TPSA) is 72.5 Å². The molecule has 1 aliphatic rings. The highest BCUT2D eigenvalue weighted by Crippen LogP contribution is 2.23. The summed E-state index contributed by atoms with van der Waals surface area (Å²) in [5, 5.41) is 2.76. The summed E-state index contributed by atoms with van der Waals surface area (Å²) in [7, 11) is 0. The molecule has 0 aliphatic heterocycles. The first kappa shape index (κ1) is 19.2. The van der Waals surface area contributed by atoms with Crippen LogP contribution in [0, 0.1) is 0 Å². The summed E-state index contributed by atoms with van der Waals surface area (Å²) in [4.78, 5) is 36.1. The SMILES string of the molecule is C[C@@H](OC(=O)CCC(=O)c1ccc2c(c1)CCC2)C(=O)NC(C)(C)C. The zero-order valence-corrected chi connectivity index (χ0v) is 15.5. The van der Waals surface area contributed by atoms with Crippen molar-refractivity contribution in [3.63, 3.8) is 0 Å². The van der Waals surface area contributed by atoms with Crippen LogP contribution in [0.4, 0.5) is 0 Å². The van der Waals surface area contributed by atoms with Gasteiger partial charge < -0.3 is 10.1 Å². The van der Waals surface area contributed by atoms with Crippen molar-refractivity contribution in [3.8, 4) is 0 Å². The molecule has 0 saturated carbocycles. The van der Waals surface area contributed by atoms with Gasteiger partial charge in [-0.1, -0.05) is 12.1 Å². The highest BCUT2D eigenvalue weighted by molar-refractivity contribution is 5.98. The molecule has 1 atom stereocenters. The summed E-state index contributed by atoms with van der Waals surface area (Å²) in [6, 6.07) is 5.78. The predicted octanol–water partition coefficient (Wildman–Crippen LogP) is 2.98. The average Bonchev–Trinajstić information content (AvgIpc) is 2.98. The van der Waals surface area contributed by atoms with E-state index in [2.05, 4.69) is 5.32 Å². The summed E-state index contributed by atoms with van der Waals surface area (Å²) in [5.74, 6) is -0.949. The van der Waals surface area contributed by atoms with Crippen LogP contribution in [-0.2, 0) is 27.2 Å². The van der Waals surface area contributed by atoms with E-state index in [0.717, 1.165) is 19.3 Å². The normalized spacial score (nSPS) is 14.6. The zero-order valence-electron chi connectivity index (χ0n) is 15.5. The highest BCUT2D eigenvalue weighted by atomic mass is 16.5. The molecule has 5 nitrogen and oxygen atoms in total. The summed E-state index contributed by atoms with van der Waals surface area (Å²) in [6.07, 6.45) is 2.41. The number of nitrogens with one attached hydrogen (secondary N) is 1. The van der Waals surface area contributed by atoms with E-state index in [1.54, 1.807) is 0 Å². The van der Waals surface area contributed by atoms with E-state index in [4.69, 9.17) is 4.74 Å². The number of esters is 1. The van der Waals surface area contributed by atoms with Crippen molar-refractivity contribution < 1.29 is 19.1 Å². The van der Waals surface area contributed by atoms with Crippen LogP contribution in [0.2, 0.25) is 0 Å². The van der Waals surface area contributed by atoms with Crippen molar-refractivity contribution in [1.82, 2.24) is 5.32 Å². The van der Waals surface area contributed by atoms with Crippen molar-refractivity contribution in [2.75, 3.05) is 0 Å². The van der Waals surface area contributed by atoms with Crippen molar-refractivity contribution in [2.24, 2.45) is 0 Å². The van der Waals surface area contributed by atoms with E-state index in [9.17, 15) is 14.4 Å². The second-order valence-electron chi connectivity index (χ2n) is 7.63. The molecule has 5 heteroatoms. The van der Waals surface area contributed by atoms with Crippen LogP contribution in [0.3, 0.4) is 0 Å². The molecule has 0 heterocycles. The first-order valence-electron chi connectivity index (χ1n) is 8.82.